The predicted molar refractivity (Wildman–Crippen MR) is 92.2 cm³/mol. The lowest BCUT2D eigenvalue weighted by Crippen LogP contribution is -2.33. The third kappa shape index (κ3) is 3.62. The van der Waals surface area contributed by atoms with E-state index in [0.29, 0.717) is 13.1 Å². The molecule has 0 atom stereocenters. The molecule has 4 nitrogen and oxygen atoms in total. The van der Waals surface area contributed by atoms with E-state index in [4.69, 9.17) is 0 Å². The summed E-state index contributed by atoms with van der Waals surface area (Å²) in [7, 11) is 0. The van der Waals surface area contributed by atoms with Crippen LogP contribution in [0.1, 0.15) is 18.1 Å². The Bertz CT molecular complexity index is 829. The van der Waals surface area contributed by atoms with Gasteiger partial charge in [0, 0.05) is 42.6 Å². The number of nitrogens with one attached hydrogen (secondary N) is 1. The largest absolute Gasteiger partial charge is 0.361 e. The molecule has 1 aromatic carbocycles. The lowest BCUT2D eigenvalue weighted by Gasteiger charge is -2.21. The normalized spacial score (nSPS) is 10.9. The minimum Gasteiger partial charge on any atom is -0.361 e. The van der Waals surface area contributed by atoms with Crippen LogP contribution in [0.2, 0.25) is 0 Å². The van der Waals surface area contributed by atoms with Crippen LogP contribution in [0.15, 0.2) is 48.9 Å². The topological polar surface area (TPSA) is 49.0 Å². The Morgan fingerprint density at radius 1 is 1.25 bits per heavy atom. The zero-order valence-electron chi connectivity index (χ0n) is 13.6. The fourth-order valence-electron chi connectivity index (χ4n) is 2.84. The summed E-state index contributed by atoms with van der Waals surface area (Å²) in [5, 5.41) is 0.772. The van der Waals surface area contributed by atoms with Crippen molar-refractivity contribution in [2.75, 3.05) is 13.1 Å². The highest BCUT2D eigenvalue weighted by molar-refractivity contribution is 5.89. The second-order valence-electron chi connectivity index (χ2n) is 5.76. The molecule has 0 spiro atoms. The number of benzene rings is 1. The molecule has 0 saturated heterocycles. The van der Waals surface area contributed by atoms with Crippen molar-refractivity contribution in [2.45, 2.75) is 19.8 Å². The third-order valence-electron chi connectivity index (χ3n) is 4.23. The van der Waals surface area contributed by atoms with Gasteiger partial charge in [-0.05, 0) is 54.8 Å². The summed E-state index contributed by atoms with van der Waals surface area (Å²) in [6, 6.07) is 8.50. The van der Waals surface area contributed by atoms with Gasteiger partial charge in [-0.15, -0.1) is 0 Å². The van der Waals surface area contributed by atoms with Gasteiger partial charge in [0.15, 0.2) is 0 Å². The standard InChI is InChI=1S/C19H20FN3O/c1-2-23(10-7-14-5-8-21-9-6-14)19(24)11-15-13-22-18-4-3-16(20)12-17(15)18/h3-6,8-9,12-13,22H,2,7,10-11H2,1H3. The highest BCUT2D eigenvalue weighted by atomic mass is 19.1. The zero-order valence-corrected chi connectivity index (χ0v) is 13.6. The van der Waals surface area contributed by atoms with E-state index in [1.807, 2.05) is 24.0 Å². The van der Waals surface area contributed by atoms with Crippen molar-refractivity contribution in [3.8, 4) is 0 Å². The lowest BCUT2D eigenvalue weighted by atomic mass is 10.1. The van der Waals surface area contributed by atoms with Gasteiger partial charge < -0.3 is 9.88 Å². The van der Waals surface area contributed by atoms with Crippen LogP contribution in [0.5, 0.6) is 0 Å². The molecular formula is C19H20FN3O. The lowest BCUT2D eigenvalue weighted by molar-refractivity contribution is -0.130. The maximum Gasteiger partial charge on any atom is 0.227 e. The fourth-order valence-corrected chi connectivity index (χ4v) is 2.84. The van der Waals surface area contributed by atoms with Crippen LogP contribution in [-0.2, 0) is 17.6 Å². The fraction of sp³-hybridized carbons (Fsp3) is 0.263. The van der Waals surface area contributed by atoms with E-state index in [-0.39, 0.29) is 18.1 Å². The molecule has 124 valence electrons. The van der Waals surface area contributed by atoms with Gasteiger partial charge in [0.1, 0.15) is 5.82 Å². The van der Waals surface area contributed by atoms with Crippen LogP contribution in [-0.4, -0.2) is 33.9 Å². The number of aromatic nitrogens is 2. The molecule has 24 heavy (non-hydrogen) atoms. The van der Waals surface area contributed by atoms with Crippen LogP contribution in [0.25, 0.3) is 10.9 Å². The minimum absolute atomic E-state index is 0.0525. The Hall–Kier alpha value is -2.69. The van der Waals surface area contributed by atoms with Crippen LogP contribution in [0.3, 0.4) is 0 Å². The van der Waals surface area contributed by atoms with Gasteiger partial charge in [0.25, 0.3) is 0 Å². The molecule has 0 radical (unpaired) electrons. The summed E-state index contributed by atoms with van der Waals surface area (Å²) in [5.41, 5.74) is 2.83. The molecule has 2 heterocycles. The molecule has 1 N–H and O–H groups in total. The molecule has 3 rings (SSSR count). The summed E-state index contributed by atoms with van der Waals surface area (Å²) >= 11 is 0. The van der Waals surface area contributed by atoms with Crippen molar-refractivity contribution < 1.29 is 9.18 Å². The Kier molecular flexibility index (Phi) is 4.89. The third-order valence-corrected chi connectivity index (χ3v) is 4.23. The summed E-state index contributed by atoms with van der Waals surface area (Å²) in [6.45, 7) is 3.29. The van der Waals surface area contributed by atoms with Gasteiger partial charge in [-0.1, -0.05) is 0 Å². The molecule has 5 heteroatoms. The Morgan fingerprint density at radius 3 is 2.79 bits per heavy atom. The number of amides is 1. The monoisotopic (exact) mass is 325 g/mol. The van der Waals surface area contributed by atoms with Gasteiger partial charge in [-0.25, -0.2) is 4.39 Å². The second kappa shape index (κ2) is 7.25. The quantitative estimate of drug-likeness (QED) is 0.756. The average molecular weight is 325 g/mol. The number of nitrogens with zero attached hydrogens (tertiary/aromatic N) is 2. The van der Waals surface area contributed by atoms with Crippen molar-refractivity contribution in [1.29, 1.82) is 0 Å². The highest BCUT2D eigenvalue weighted by Crippen LogP contribution is 2.20. The molecule has 3 aromatic rings. The molecule has 0 aliphatic rings. The van der Waals surface area contributed by atoms with Crippen molar-refractivity contribution >= 4 is 16.8 Å². The number of H-pyrrole nitrogens is 1. The maximum absolute atomic E-state index is 13.5. The second-order valence-corrected chi connectivity index (χ2v) is 5.76. The van der Waals surface area contributed by atoms with Crippen LogP contribution in [0.4, 0.5) is 4.39 Å². The van der Waals surface area contributed by atoms with Crippen molar-refractivity contribution in [3.63, 3.8) is 0 Å². The molecule has 0 aliphatic heterocycles. The smallest absolute Gasteiger partial charge is 0.227 e. The first-order valence-electron chi connectivity index (χ1n) is 8.09. The van der Waals surface area contributed by atoms with Crippen molar-refractivity contribution in [1.82, 2.24) is 14.9 Å². The van der Waals surface area contributed by atoms with E-state index in [1.54, 1.807) is 24.7 Å². The van der Waals surface area contributed by atoms with E-state index >= 15 is 0 Å². The van der Waals surface area contributed by atoms with Crippen LogP contribution < -0.4 is 0 Å². The average Bonchev–Trinajstić information content (AvgIpc) is 2.98. The first-order valence-corrected chi connectivity index (χ1v) is 8.09. The van der Waals surface area contributed by atoms with Crippen LogP contribution >= 0.6 is 0 Å². The van der Waals surface area contributed by atoms with E-state index in [2.05, 4.69) is 9.97 Å². The number of hydrogen-bond donors (Lipinski definition) is 1. The molecule has 2 aromatic heterocycles. The summed E-state index contributed by atoms with van der Waals surface area (Å²) in [6.07, 6.45) is 6.37. The minimum atomic E-state index is -0.291. The maximum atomic E-state index is 13.5. The number of pyridine rings is 1. The highest BCUT2D eigenvalue weighted by Gasteiger charge is 2.15. The van der Waals surface area contributed by atoms with Gasteiger partial charge in [0.05, 0.1) is 6.42 Å². The number of fused-ring (bicyclic) bond motifs is 1. The number of hydrogen-bond acceptors (Lipinski definition) is 2. The molecule has 0 aliphatic carbocycles. The number of aromatic amines is 1. The molecule has 0 fully saturated rings. The van der Waals surface area contributed by atoms with Gasteiger partial charge in [-0.2, -0.15) is 0 Å². The molecule has 0 unspecified atom stereocenters. The van der Waals surface area contributed by atoms with E-state index in [1.165, 1.54) is 12.1 Å². The van der Waals surface area contributed by atoms with E-state index in [0.717, 1.165) is 28.5 Å². The molecule has 0 saturated carbocycles. The van der Waals surface area contributed by atoms with Gasteiger partial charge in [-0.3, -0.25) is 9.78 Å². The zero-order chi connectivity index (χ0) is 16.9. The molecule has 1 amide bonds. The number of carbonyl (C=O) groups excluding carboxylic acids is 1. The van der Waals surface area contributed by atoms with E-state index in [9.17, 15) is 9.18 Å². The number of likely N-dealkylation sites (N-methyl/N-ethyl adjacent to an activating group) is 1. The Morgan fingerprint density at radius 2 is 2.04 bits per heavy atom. The number of rotatable bonds is 6. The number of carbonyl (C=O) groups is 1. The summed E-state index contributed by atoms with van der Waals surface area (Å²) < 4.78 is 13.5. The summed E-state index contributed by atoms with van der Waals surface area (Å²) in [5.74, 6) is -0.238. The first kappa shape index (κ1) is 16.2. The summed E-state index contributed by atoms with van der Waals surface area (Å²) in [4.78, 5) is 21.5. The predicted octanol–water partition coefficient (Wildman–Crippen LogP) is 3.34. The Labute approximate surface area is 140 Å². The SMILES string of the molecule is CCN(CCc1ccncc1)C(=O)Cc1c[nH]c2ccc(F)cc12. The van der Waals surface area contributed by atoms with Crippen molar-refractivity contribution in [3.05, 3.63) is 65.9 Å². The van der Waals surface area contributed by atoms with Gasteiger partial charge >= 0.3 is 0 Å². The number of halogens is 1. The Balaban J connectivity index is 1.68. The van der Waals surface area contributed by atoms with E-state index < -0.39 is 0 Å². The first-order chi connectivity index (χ1) is 11.7. The molecule has 0 bridgehead atoms. The van der Waals surface area contributed by atoms with Crippen LogP contribution in [0, 0.1) is 5.82 Å². The van der Waals surface area contributed by atoms with Crippen molar-refractivity contribution in [2.24, 2.45) is 0 Å². The van der Waals surface area contributed by atoms with Gasteiger partial charge in [0.2, 0.25) is 5.91 Å². The molecular weight excluding hydrogens is 305 g/mol.